The number of hydrogen-bond acceptors (Lipinski definition) is 6. The molecular weight excluding hydrogens is 314 g/mol. The molecule has 0 radical (unpaired) electrons. The van der Waals surface area contributed by atoms with Gasteiger partial charge in [0.1, 0.15) is 17.1 Å². The predicted molar refractivity (Wildman–Crippen MR) is 89.4 cm³/mol. The fourth-order valence-electron chi connectivity index (χ4n) is 2.85. The molecule has 1 aliphatic rings. The van der Waals surface area contributed by atoms with Gasteiger partial charge in [0.15, 0.2) is 5.13 Å². The summed E-state index contributed by atoms with van der Waals surface area (Å²) in [4.78, 5) is 18.2. The molecule has 3 N–H and O–H groups in total. The number of nitrogens with two attached hydrogens (primary N) is 1. The quantitative estimate of drug-likeness (QED) is 0.894. The average molecular weight is 333 g/mol. The highest BCUT2D eigenvalue weighted by atomic mass is 32.1. The summed E-state index contributed by atoms with van der Waals surface area (Å²) in [5, 5.41) is 3.66. The molecule has 6 nitrogen and oxygen atoms in total. The summed E-state index contributed by atoms with van der Waals surface area (Å²) in [6.45, 7) is 0. The molecule has 1 aliphatic carbocycles. The Morgan fingerprint density at radius 2 is 2.04 bits per heavy atom. The molecule has 0 saturated heterocycles. The molecule has 2 aromatic rings. The summed E-state index contributed by atoms with van der Waals surface area (Å²) in [6.07, 6.45) is 2.43. The Balaban J connectivity index is 1.78. The maximum Gasteiger partial charge on any atom is 0.259 e. The molecule has 1 heterocycles. The normalized spacial score (nSPS) is 16.5. The van der Waals surface area contributed by atoms with Crippen LogP contribution in [0.3, 0.4) is 0 Å². The fraction of sp³-hybridized carbons (Fsp3) is 0.375. The highest BCUT2D eigenvalue weighted by Gasteiger charge is 2.26. The van der Waals surface area contributed by atoms with Gasteiger partial charge < -0.3 is 20.5 Å². The first-order valence-electron chi connectivity index (χ1n) is 7.38. The highest BCUT2D eigenvalue weighted by Crippen LogP contribution is 2.30. The van der Waals surface area contributed by atoms with E-state index in [1.54, 1.807) is 32.4 Å². The molecule has 0 bridgehead atoms. The maximum absolute atomic E-state index is 12.7. The van der Waals surface area contributed by atoms with E-state index in [2.05, 4.69) is 10.3 Å². The third-order valence-corrected chi connectivity index (χ3v) is 4.90. The third kappa shape index (κ3) is 3.10. The number of carbonyl (C=O) groups excluding carboxylic acids is 1. The summed E-state index contributed by atoms with van der Waals surface area (Å²) in [5.74, 6) is 0.811. The van der Waals surface area contributed by atoms with Crippen LogP contribution in [0.25, 0.3) is 0 Å². The van der Waals surface area contributed by atoms with Crippen molar-refractivity contribution >= 4 is 22.4 Å². The minimum atomic E-state index is -0.190. The van der Waals surface area contributed by atoms with Gasteiger partial charge in [-0.2, -0.15) is 0 Å². The van der Waals surface area contributed by atoms with Crippen LogP contribution in [0.5, 0.6) is 11.5 Å². The van der Waals surface area contributed by atoms with Crippen LogP contribution >= 0.6 is 11.3 Å². The van der Waals surface area contributed by atoms with Crippen LogP contribution < -0.4 is 20.5 Å². The van der Waals surface area contributed by atoms with Crippen LogP contribution in [-0.4, -0.2) is 31.2 Å². The van der Waals surface area contributed by atoms with E-state index in [4.69, 9.17) is 15.2 Å². The van der Waals surface area contributed by atoms with E-state index in [0.29, 0.717) is 22.2 Å². The van der Waals surface area contributed by atoms with Gasteiger partial charge in [-0.1, -0.05) is 6.07 Å². The lowest BCUT2D eigenvalue weighted by Crippen LogP contribution is -2.38. The van der Waals surface area contributed by atoms with E-state index >= 15 is 0 Å². The van der Waals surface area contributed by atoms with E-state index in [0.717, 1.165) is 29.8 Å². The van der Waals surface area contributed by atoms with E-state index in [9.17, 15) is 4.79 Å². The second kappa shape index (κ2) is 6.45. The Morgan fingerprint density at radius 1 is 1.35 bits per heavy atom. The van der Waals surface area contributed by atoms with Gasteiger partial charge in [-0.25, -0.2) is 4.98 Å². The largest absolute Gasteiger partial charge is 0.496 e. The van der Waals surface area contributed by atoms with E-state index in [-0.39, 0.29) is 11.9 Å². The molecule has 1 aromatic heterocycles. The topological polar surface area (TPSA) is 86.5 Å². The third-order valence-electron chi connectivity index (χ3n) is 3.95. The van der Waals surface area contributed by atoms with E-state index < -0.39 is 0 Å². The zero-order chi connectivity index (χ0) is 16.4. The van der Waals surface area contributed by atoms with Crippen molar-refractivity contribution < 1.29 is 14.3 Å². The van der Waals surface area contributed by atoms with Crippen molar-refractivity contribution in [3.8, 4) is 11.5 Å². The molecule has 0 aliphatic heterocycles. The zero-order valence-electron chi connectivity index (χ0n) is 13.1. The first kappa shape index (κ1) is 15.6. The number of rotatable bonds is 4. The van der Waals surface area contributed by atoms with Crippen molar-refractivity contribution in [1.29, 1.82) is 0 Å². The van der Waals surface area contributed by atoms with Crippen molar-refractivity contribution in [3.63, 3.8) is 0 Å². The number of aromatic nitrogens is 1. The number of anilines is 1. The molecule has 122 valence electrons. The van der Waals surface area contributed by atoms with Gasteiger partial charge >= 0.3 is 0 Å². The van der Waals surface area contributed by atoms with Crippen LogP contribution in [0, 0.1) is 0 Å². The van der Waals surface area contributed by atoms with Crippen molar-refractivity contribution in [2.45, 2.75) is 25.3 Å². The second-order valence-corrected chi connectivity index (χ2v) is 6.49. The molecule has 7 heteroatoms. The summed E-state index contributed by atoms with van der Waals surface area (Å²) >= 11 is 1.50. The van der Waals surface area contributed by atoms with Gasteiger partial charge in [0.05, 0.1) is 19.9 Å². The van der Waals surface area contributed by atoms with Crippen LogP contribution in [0.15, 0.2) is 18.2 Å². The molecule has 23 heavy (non-hydrogen) atoms. The number of benzene rings is 1. The monoisotopic (exact) mass is 333 g/mol. The Labute approximate surface area is 138 Å². The van der Waals surface area contributed by atoms with Crippen LogP contribution in [-0.2, 0) is 12.8 Å². The van der Waals surface area contributed by atoms with Gasteiger partial charge in [0.2, 0.25) is 0 Å². The molecule has 1 amide bonds. The smallest absolute Gasteiger partial charge is 0.259 e. The number of fused-ring (bicyclic) bond motifs is 1. The number of nitrogens with zero attached hydrogens (tertiary/aromatic N) is 1. The fourth-order valence-corrected chi connectivity index (χ4v) is 3.81. The van der Waals surface area contributed by atoms with Crippen LogP contribution in [0.1, 0.15) is 27.3 Å². The average Bonchev–Trinajstić information content (AvgIpc) is 2.93. The summed E-state index contributed by atoms with van der Waals surface area (Å²) in [7, 11) is 3.08. The molecule has 3 rings (SSSR count). The van der Waals surface area contributed by atoms with Crippen molar-refractivity contribution in [3.05, 3.63) is 34.3 Å². The summed E-state index contributed by atoms with van der Waals surface area (Å²) in [5.41, 5.74) is 7.24. The first-order valence-corrected chi connectivity index (χ1v) is 8.20. The molecule has 1 unspecified atom stereocenters. The number of methoxy groups -OCH3 is 2. The zero-order valence-corrected chi connectivity index (χ0v) is 13.9. The number of hydrogen-bond donors (Lipinski definition) is 2. The van der Waals surface area contributed by atoms with E-state index in [1.165, 1.54) is 11.3 Å². The lowest BCUT2D eigenvalue weighted by molar-refractivity contribution is 0.0927. The number of nitrogen functional groups attached to an aromatic ring is 1. The number of carbonyl (C=O) groups is 1. The van der Waals surface area contributed by atoms with Gasteiger partial charge in [-0.15, -0.1) is 11.3 Å². The maximum atomic E-state index is 12.7. The minimum absolute atomic E-state index is 0.0597. The molecular formula is C16H19N3O3S. The number of ether oxygens (including phenoxy) is 2. The summed E-state index contributed by atoms with van der Waals surface area (Å²) in [6, 6.07) is 5.35. The Morgan fingerprint density at radius 3 is 2.70 bits per heavy atom. The van der Waals surface area contributed by atoms with Crippen LogP contribution in [0.4, 0.5) is 5.13 Å². The number of amides is 1. The predicted octanol–water partition coefficient (Wildman–Crippen LogP) is 2.03. The standard InChI is InChI=1S/C16H19N3O3S/c1-21-11-4-3-5-12(22-2)14(11)15(20)18-9-6-7-10-13(8-9)23-16(17)19-10/h3-5,9H,6-8H2,1-2H3,(H2,17,19)(H,18,20). The number of thiazole rings is 1. The molecule has 1 aromatic carbocycles. The first-order chi connectivity index (χ1) is 11.1. The highest BCUT2D eigenvalue weighted by molar-refractivity contribution is 7.15. The van der Waals surface area contributed by atoms with Gasteiger partial charge in [-0.3, -0.25) is 4.79 Å². The van der Waals surface area contributed by atoms with Gasteiger partial charge in [0.25, 0.3) is 5.91 Å². The number of nitrogens with one attached hydrogen (secondary N) is 1. The molecule has 0 spiro atoms. The molecule has 0 fully saturated rings. The van der Waals surface area contributed by atoms with Crippen molar-refractivity contribution in [2.75, 3.05) is 20.0 Å². The Kier molecular flexibility index (Phi) is 4.38. The second-order valence-electron chi connectivity index (χ2n) is 5.37. The molecule has 0 saturated carbocycles. The van der Waals surface area contributed by atoms with Crippen LogP contribution in [0.2, 0.25) is 0 Å². The lowest BCUT2D eigenvalue weighted by Gasteiger charge is -2.23. The Hall–Kier alpha value is -2.28. The minimum Gasteiger partial charge on any atom is -0.496 e. The molecule has 1 atom stereocenters. The number of aryl methyl sites for hydroxylation is 1. The van der Waals surface area contributed by atoms with Crippen molar-refractivity contribution in [2.24, 2.45) is 0 Å². The van der Waals surface area contributed by atoms with Gasteiger partial charge in [0, 0.05) is 17.3 Å². The SMILES string of the molecule is COc1cccc(OC)c1C(=O)NC1CCc2nc(N)sc2C1. The van der Waals surface area contributed by atoms with E-state index in [1.807, 2.05) is 0 Å². The Bertz CT molecular complexity index is 707. The lowest BCUT2D eigenvalue weighted by atomic mass is 9.97. The summed E-state index contributed by atoms with van der Waals surface area (Å²) < 4.78 is 10.6. The van der Waals surface area contributed by atoms with Gasteiger partial charge in [-0.05, 0) is 25.0 Å². The van der Waals surface area contributed by atoms with Crippen molar-refractivity contribution in [1.82, 2.24) is 10.3 Å².